The van der Waals surface area contributed by atoms with E-state index in [1.54, 1.807) is 12.1 Å². The molecule has 1 rings (SSSR count). The fraction of sp³-hybridized carbons (Fsp3) is 0.333. The van der Waals surface area contributed by atoms with Gasteiger partial charge in [-0.05, 0) is 29.7 Å². The summed E-state index contributed by atoms with van der Waals surface area (Å²) in [7, 11) is 0. The van der Waals surface area contributed by atoms with Gasteiger partial charge in [-0.1, -0.05) is 30.3 Å². The van der Waals surface area contributed by atoms with Crippen molar-refractivity contribution in [2.75, 3.05) is 13.2 Å². The van der Waals surface area contributed by atoms with E-state index in [-0.39, 0.29) is 19.1 Å². The standard InChI is InChI=1S/C12H15ClO2/c1-9(6-10(7-14)8-15)11-2-4-12(13)5-3-11/h2-5,10,14-15H,1,6-8H2. The second-order valence-electron chi connectivity index (χ2n) is 3.55. The highest BCUT2D eigenvalue weighted by molar-refractivity contribution is 6.30. The van der Waals surface area contributed by atoms with Crippen LogP contribution in [0.1, 0.15) is 12.0 Å². The fourth-order valence-corrected chi connectivity index (χ4v) is 1.46. The van der Waals surface area contributed by atoms with Gasteiger partial charge >= 0.3 is 0 Å². The Bertz CT molecular complexity index is 315. The zero-order valence-electron chi connectivity index (χ0n) is 8.49. The molecule has 0 aliphatic rings. The number of rotatable bonds is 5. The van der Waals surface area contributed by atoms with Crippen LogP contribution in [0.2, 0.25) is 5.02 Å². The smallest absolute Gasteiger partial charge is 0.0484 e. The summed E-state index contributed by atoms with van der Waals surface area (Å²) in [5.74, 6) is -0.131. The average molecular weight is 227 g/mol. The number of allylic oxidation sites excluding steroid dienone is 1. The Morgan fingerprint density at radius 2 is 1.73 bits per heavy atom. The van der Waals surface area contributed by atoms with Crippen LogP contribution in [0.4, 0.5) is 0 Å². The summed E-state index contributed by atoms with van der Waals surface area (Å²) in [6, 6.07) is 7.37. The normalized spacial score (nSPS) is 10.7. The molecular formula is C12H15ClO2. The molecule has 0 aliphatic heterocycles. The Hall–Kier alpha value is -0.830. The van der Waals surface area contributed by atoms with Crippen molar-refractivity contribution in [2.24, 2.45) is 5.92 Å². The highest BCUT2D eigenvalue weighted by Gasteiger charge is 2.08. The molecule has 0 spiro atoms. The lowest BCUT2D eigenvalue weighted by Gasteiger charge is -2.12. The first-order valence-electron chi connectivity index (χ1n) is 4.82. The van der Waals surface area contributed by atoms with Gasteiger partial charge in [-0.2, -0.15) is 0 Å². The lowest BCUT2D eigenvalue weighted by atomic mass is 9.96. The summed E-state index contributed by atoms with van der Waals surface area (Å²) >= 11 is 5.77. The van der Waals surface area contributed by atoms with Crippen molar-refractivity contribution in [3.63, 3.8) is 0 Å². The summed E-state index contributed by atoms with van der Waals surface area (Å²) in [6.45, 7) is 3.88. The SMILES string of the molecule is C=C(CC(CO)CO)c1ccc(Cl)cc1. The van der Waals surface area contributed by atoms with Gasteiger partial charge in [0.25, 0.3) is 0 Å². The first-order valence-corrected chi connectivity index (χ1v) is 5.20. The van der Waals surface area contributed by atoms with E-state index in [0.29, 0.717) is 11.4 Å². The van der Waals surface area contributed by atoms with Crippen LogP contribution in [0.3, 0.4) is 0 Å². The van der Waals surface area contributed by atoms with Crippen molar-refractivity contribution < 1.29 is 10.2 Å². The Labute approximate surface area is 94.8 Å². The molecule has 0 saturated carbocycles. The van der Waals surface area contributed by atoms with Gasteiger partial charge in [0.15, 0.2) is 0 Å². The number of aliphatic hydroxyl groups excluding tert-OH is 2. The largest absolute Gasteiger partial charge is 0.396 e. The van der Waals surface area contributed by atoms with E-state index in [2.05, 4.69) is 6.58 Å². The highest BCUT2D eigenvalue weighted by Crippen LogP contribution is 2.22. The quantitative estimate of drug-likeness (QED) is 0.809. The minimum absolute atomic E-state index is 0.0247. The molecular weight excluding hydrogens is 212 g/mol. The predicted octanol–water partition coefficient (Wildman–Crippen LogP) is 2.34. The van der Waals surface area contributed by atoms with Crippen LogP contribution < -0.4 is 0 Å². The molecule has 0 atom stereocenters. The van der Waals surface area contributed by atoms with Gasteiger partial charge in [0.2, 0.25) is 0 Å². The molecule has 0 aromatic heterocycles. The number of aliphatic hydroxyl groups is 2. The summed E-state index contributed by atoms with van der Waals surface area (Å²) in [6.07, 6.45) is 0.592. The molecule has 3 heteroatoms. The third-order valence-electron chi connectivity index (χ3n) is 2.30. The average Bonchev–Trinajstić information content (AvgIpc) is 2.26. The van der Waals surface area contributed by atoms with Crippen molar-refractivity contribution in [1.29, 1.82) is 0 Å². The lowest BCUT2D eigenvalue weighted by Crippen LogP contribution is -2.11. The topological polar surface area (TPSA) is 40.5 Å². The Morgan fingerprint density at radius 1 is 1.20 bits per heavy atom. The van der Waals surface area contributed by atoms with Crippen molar-refractivity contribution in [1.82, 2.24) is 0 Å². The molecule has 0 radical (unpaired) electrons. The molecule has 1 aromatic rings. The fourth-order valence-electron chi connectivity index (χ4n) is 1.34. The van der Waals surface area contributed by atoms with E-state index in [1.165, 1.54) is 0 Å². The second kappa shape index (κ2) is 5.91. The van der Waals surface area contributed by atoms with Crippen LogP contribution >= 0.6 is 11.6 Å². The van der Waals surface area contributed by atoms with Crippen molar-refractivity contribution >= 4 is 17.2 Å². The first kappa shape index (κ1) is 12.2. The van der Waals surface area contributed by atoms with Crippen LogP contribution in [0.15, 0.2) is 30.8 Å². The maximum atomic E-state index is 8.94. The molecule has 2 N–H and O–H groups in total. The number of benzene rings is 1. The van der Waals surface area contributed by atoms with Gasteiger partial charge in [-0.3, -0.25) is 0 Å². The van der Waals surface area contributed by atoms with Crippen LogP contribution in [-0.2, 0) is 0 Å². The Kier molecular flexibility index (Phi) is 4.82. The molecule has 0 heterocycles. The first-order chi connectivity index (χ1) is 7.17. The third-order valence-corrected chi connectivity index (χ3v) is 2.56. The highest BCUT2D eigenvalue weighted by atomic mass is 35.5. The molecule has 0 unspecified atom stereocenters. The number of halogens is 1. The molecule has 0 aliphatic carbocycles. The summed E-state index contributed by atoms with van der Waals surface area (Å²) in [5, 5.41) is 18.6. The number of hydrogen-bond donors (Lipinski definition) is 2. The van der Waals surface area contributed by atoms with Gasteiger partial charge < -0.3 is 10.2 Å². The zero-order chi connectivity index (χ0) is 11.3. The minimum Gasteiger partial charge on any atom is -0.396 e. The Balaban J connectivity index is 2.64. The molecule has 0 saturated heterocycles. The van der Waals surface area contributed by atoms with Crippen LogP contribution in [-0.4, -0.2) is 23.4 Å². The van der Waals surface area contributed by atoms with Crippen LogP contribution in [0.25, 0.3) is 5.57 Å². The van der Waals surface area contributed by atoms with Gasteiger partial charge in [-0.15, -0.1) is 0 Å². The lowest BCUT2D eigenvalue weighted by molar-refractivity contribution is 0.153. The van der Waals surface area contributed by atoms with Crippen LogP contribution in [0, 0.1) is 5.92 Å². The monoisotopic (exact) mass is 226 g/mol. The molecule has 0 fully saturated rings. The van der Waals surface area contributed by atoms with E-state index >= 15 is 0 Å². The van der Waals surface area contributed by atoms with E-state index in [0.717, 1.165) is 11.1 Å². The van der Waals surface area contributed by atoms with Crippen LogP contribution in [0.5, 0.6) is 0 Å². The zero-order valence-corrected chi connectivity index (χ0v) is 9.24. The van der Waals surface area contributed by atoms with Crippen molar-refractivity contribution in [3.8, 4) is 0 Å². The molecule has 1 aromatic carbocycles. The van der Waals surface area contributed by atoms with Gasteiger partial charge in [0.05, 0.1) is 0 Å². The van der Waals surface area contributed by atoms with E-state index in [1.807, 2.05) is 12.1 Å². The van der Waals surface area contributed by atoms with E-state index in [4.69, 9.17) is 21.8 Å². The van der Waals surface area contributed by atoms with Gasteiger partial charge in [0, 0.05) is 24.2 Å². The Morgan fingerprint density at radius 3 is 2.20 bits per heavy atom. The van der Waals surface area contributed by atoms with Crippen molar-refractivity contribution in [3.05, 3.63) is 41.4 Å². The maximum absolute atomic E-state index is 8.94. The third kappa shape index (κ3) is 3.67. The summed E-state index contributed by atoms with van der Waals surface area (Å²) < 4.78 is 0. The predicted molar refractivity (Wildman–Crippen MR) is 62.8 cm³/mol. The molecule has 82 valence electrons. The van der Waals surface area contributed by atoms with Gasteiger partial charge in [0.1, 0.15) is 0 Å². The summed E-state index contributed by atoms with van der Waals surface area (Å²) in [5.41, 5.74) is 1.89. The molecule has 0 bridgehead atoms. The second-order valence-corrected chi connectivity index (χ2v) is 3.98. The van der Waals surface area contributed by atoms with E-state index in [9.17, 15) is 0 Å². The van der Waals surface area contributed by atoms with Crippen molar-refractivity contribution in [2.45, 2.75) is 6.42 Å². The molecule has 2 nitrogen and oxygen atoms in total. The maximum Gasteiger partial charge on any atom is 0.0484 e. The molecule has 0 amide bonds. The van der Waals surface area contributed by atoms with E-state index < -0.39 is 0 Å². The minimum atomic E-state index is -0.131. The van der Waals surface area contributed by atoms with Gasteiger partial charge in [-0.25, -0.2) is 0 Å². The molecule has 15 heavy (non-hydrogen) atoms. The number of hydrogen-bond acceptors (Lipinski definition) is 2. The summed E-state index contributed by atoms with van der Waals surface area (Å²) in [4.78, 5) is 0.